The lowest BCUT2D eigenvalue weighted by molar-refractivity contribution is 0.663. The first kappa shape index (κ1) is 15.7. The average Bonchev–Trinajstić information content (AvgIpc) is 2.50. The molecule has 21 heavy (non-hydrogen) atoms. The first-order valence-electron chi connectivity index (χ1n) is 7.17. The first-order valence-corrected chi connectivity index (χ1v) is 7.54. The van der Waals surface area contributed by atoms with Crippen LogP contribution in [-0.2, 0) is 13.1 Å². The zero-order valence-corrected chi connectivity index (χ0v) is 13.3. The van der Waals surface area contributed by atoms with Crippen molar-refractivity contribution in [3.8, 4) is 0 Å². The lowest BCUT2D eigenvalue weighted by atomic mass is 10.2. The number of hydrogen-bond donors (Lipinski definition) is 1. The van der Waals surface area contributed by atoms with Crippen LogP contribution in [0.1, 0.15) is 24.6 Å². The van der Waals surface area contributed by atoms with Gasteiger partial charge in [0.25, 0.3) is 0 Å². The number of aromatic nitrogens is 2. The van der Waals surface area contributed by atoms with Crippen molar-refractivity contribution in [1.82, 2.24) is 15.3 Å². The van der Waals surface area contributed by atoms with Crippen LogP contribution >= 0.6 is 11.6 Å². The molecule has 0 fully saturated rings. The Bertz CT molecular complexity index is 559. The van der Waals surface area contributed by atoms with Crippen LogP contribution in [-0.4, -0.2) is 23.6 Å². The van der Waals surface area contributed by atoms with Gasteiger partial charge in [-0.2, -0.15) is 0 Å². The Kier molecular flexibility index (Phi) is 5.96. The van der Waals surface area contributed by atoms with E-state index in [2.05, 4.69) is 27.1 Å². The van der Waals surface area contributed by atoms with E-state index >= 15 is 0 Å². The Morgan fingerprint density at radius 3 is 2.67 bits per heavy atom. The van der Waals surface area contributed by atoms with E-state index in [0.29, 0.717) is 11.6 Å². The maximum absolute atomic E-state index is 6.21. The minimum atomic E-state index is 0.698. The van der Waals surface area contributed by atoms with Crippen molar-refractivity contribution in [1.29, 1.82) is 0 Å². The summed E-state index contributed by atoms with van der Waals surface area (Å²) in [4.78, 5) is 10.8. The third-order valence-corrected chi connectivity index (χ3v) is 3.53. The summed E-state index contributed by atoms with van der Waals surface area (Å²) in [5.41, 5.74) is 2.10. The van der Waals surface area contributed by atoms with E-state index in [-0.39, 0.29) is 0 Å². The summed E-state index contributed by atoms with van der Waals surface area (Å²) in [5, 5.41) is 4.04. The number of rotatable bonds is 7. The highest BCUT2D eigenvalue weighted by atomic mass is 35.5. The van der Waals surface area contributed by atoms with Gasteiger partial charge >= 0.3 is 0 Å². The third kappa shape index (κ3) is 4.69. The van der Waals surface area contributed by atoms with Crippen molar-refractivity contribution in [2.75, 3.05) is 18.5 Å². The number of nitrogens with one attached hydrogen (secondary N) is 1. The van der Waals surface area contributed by atoms with Crippen molar-refractivity contribution in [3.63, 3.8) is 0 Å². The average molecular weight is 305 g/mol. The van der Waals surface area contributed by atoms with Gasteiger partial charge in [-0.1, -0.05) is 18.5 Å². The van der Waals surface area contributed by atoms with Gasteiger partial charge in [0.05, 0.1) is 10.7 Å². The van der Waals surface area contributed by atoms with Crippen LogP contribution in [0.2, 0.25) is 5.02 Å². The quantitative estimate of drug-likeness (QED) is 0.797. The third-order valence-electron chi connectivity index (χ3n) is 3.18. The molecule has 0 saturated carbocycles. The normalized spacial score (nSPS) is 10.6. The Morgan fingerprint density at radius 2 is 1.95 bits per heavy atom. The SMILES string of the molecule is CCCNCc1nc(N(C)Cc2ccncc2)ccc1Cl. The molecule has 0 atom stereocenters. The van der Waals surface area contributed by atoms with Crippen LogP contribution in [0.4, 0.5) is 5.82 Å². The van der Waals surface area contributed by atoms with Crippen LogP contribution in [0.25, 0.3) is 0 Å². The molecular formula is C16H21ClN4. The van der Waals surface area contributed by atoms with Gasteiger partial charge < -0.3 is 10.2 Å². The second kappa shape index (κ2) is 7.96. The molecule has 0 aliphatic rings. The number of nitrogens with zero attached hydrogens (tertiary/aromatic N) is 3. The van der Waals surface area contributed by atoms with Gasteiger partial charge in [-0.25, -0.2) is 4.98 Å². The molecule has 0 aromatic carbocycles. The molecule has 0 aliphatic heterocycles. The van der Waals surface area contributed by atoms with Gasteiger partial charge in [-0.05, 0) is 42.8 Å². The molecule has 0 saturated heterocycles. The molecule has 2 aromatic heterocycles. The summed E-state index contributed by atoms with van der Waals surface area (Å²) in [6.45, 7) is 4.60. The van der Waals surface area contributed by atoms with Gasteiger partial charge in [-0.15, -0.1) is 0 Å². The maximum atomic E-state index is 6.21. The van der Waals surface area contributed by atoms with Crippen molar-refractivity contribution >= 4 is 17.4 Å². The van der Waals surface area contributed by atoms with Crippen LogP contribution in [0.3, 0.4) is 0 Å². The van der Waals surface area contributed by atoms with Gasteiger partial charge in [-0.3, -0.25) is 4.98 Å². The summed E-state index contributed by atoms with van der Waals surface area (Å²) in [5.74, 6) is 0.921. The smallest absolute Gasteiger partial charge is 0.129 e. The molecule has 5 heteroatoms. The molecule has 2 aromatic rings. The van der Waals surface area contributed by atoms with Gasteiger partial charge in [0.15, 0.2) is 0 Å². The Balaban J connectivity index is 2.06. The van der Waals surface area contributed by atoms with E-state index in [9.17, 15) is 0 Å². The topological polar surface area (TPSA) is 41.1 Å². The molecule has 4 nitrogen and oxygen atoms in total. The van der Waals surface area contributed by atoms with Crippen LogP contribution < -0.4 is 10.2 Å². The second-order valence-electron chi connectivity index (χ2n) is 4.99. The van der Waals surface area contributed by atoms with Gasteiger partial charge in [0.1, 0.15) is 5.82 Å². The Labute approximate surface area is 131 Å². The van der Waals surface area contributed by atoms with E-state index in [1.165, 1.54) is 5.56 Å². The van der Waals surface area contributed by atoms with E-state index in [1.54, 1.807) is 12.4 Å². The highest BCUT2D eigenvalue weighted by molar-refractivity contribution is 6.31. The van der Waals surface area contributed by atoms with Gasteiger partial charge in [0.2, 0.25) is 0 Å². The summed E-state index contributed by atoms with van der Waals surface area (Å²) in [7, 11) is 2.03. The molecule has 2 rings (SSSR count). The Hall–Kier alpha value is -1.65. The second-order valence-corrected chi connectivity index (χ2v) is 5.39. The van der Waals surface area contributed by atoms with E-state index in [4.69, 9.17) is 11.6 Å². The number of pyridine rings is 2. The van der Waals surface area contributed by atoms with Crippen LogP contribution in [0.5, 0.6) is 0 Å². The lowest BCUT2D eigenvalue weighted by Gasteiger charge is -2.19. The van der Waals surface area contributed by atoms with Crippen molar-refractivity contribution in [3.05, 3.63) is 52.9 Å². The summed E-state index contributed by atoms with van der Waals surface area (Å²) >= 11 is 6.21. The fourth-order valence-electron chi connectivity index (χ4n) is 2.04. The van der Waals surface area contributed by atoms with Crippen LogP contribution in [0.15, 0.2) is 36.7 Å². The largest absolute Gasteiger partial charge is 0.355 e. The molecule has 0 amide bonds. The number of anilines is 1. The lowest BCUT2D eigenvalue weighted by Crippen LogP contribution is -2.20. The molecule has 0 aliphatic carbocycles. The van der Waals surface area contributed by atoms with Gasteiger partial charge in [0, 0.05) is 32.5 Å². The molecule has 1 N–H and O–H groups in total. The zero-order valence-electron chi connectivity index (χ0n) is 12.5. The highest BCUT2D eigenvalue weighted by Gasteiger charge is 2.08. The first-order chi connectivity index (χ1) is 10.2. The minimum absolute atomic E-state index is 0.698. The fourth-order valence-corrected chi connectivity index (χ4v) is 2.21. The van der Waals surface area contributed by atoms with Crippen LogP contribution in [0, 0.1) is 0 Å². The number of hydrogen-bond acceptors (Lipinski definition) is 4. The summed E-state index contributed by atoms with van der Waals surface area (Å²) in [6.07, 6.45) is 4.70. The minimum Gasteiger partial charge on any atom is -0.355 e. The molecule has 0 spiro atoms. The molecule has 0 unspecified atom stereocenters. The monoisotopic (exact) mass is 304 g/mol. The van der Waals surface area contributed by atoms with Crippen molar-refractivity contribution in [2.45, 2.75) is 26.4 Å². The van der Waals surface area contributed by atoms with E-state index in [0.717, 1.165) is 31.0 Å². The predicted octanol–water partition coefficient (Wildman–Crippen LogP) is 3.27. The fraction of sp³-hybridized carbons (Fsp3) is 0.375. The van der Waals surface area contributed by atoms with E-state index < -0.39 is 0 Å². The van der Waals surface area contributed by atoms with Crippen molar-refractivity contribution < 1.29 is 0 Å². The summed E-state index contributed by atoms with van der Waals surface area (Å²) in [6, 6.07) is 7.88. The Morgan fingerprint density at radius 1 is 1.19 bits per heavy atom. The summed E-state index contributed by atoms with van der Waals surface area (Å²) < 4.78 is 0. The predicted molar refractivity (Wildman–Crippen MR) is 87.6 cm³/mol. The standard InChI is InChI=1S/C16H21ClN4/c1-3-8-19-11-15-14(17)4-5-16(20-15)21(2)12-13-6-9-18-10-7-13/h4-7,9-10,19H,3,8,11-12H2,1-2H3. The zero-order chi connectivity index (χ0) is 15.1. The molecule has 0 radical (unpaired) electrons. The molecule has 0 bridgehead atoms. The van der Waals surface area contributed by atoms with Crippen molar-refractivity contribution in [2.24, 2.45) is 0 Å². The molecule has 112 valence electrons. The highest BCUT2D eigenvalue weighted by Crippen LogP contribution is 2.19. The molecular weight excluding hydrogens is 284 g/mol. The maximum Gasteiger partial charge on any atom is 0.129 e. The van der Waals surface area contributed by atoms with E-state index in [1.807, 2.05) is 31.3 Å². The molecule has 2 heterocycles. The number of halogens is 1.